The number of piperidine rings is 1. The van der Waals surface area contributed by atoms with Crippen molar-refractivity contribution in [2.24, 2.45) is 27.3 Å². The Hall–Kier alpha value is -5.32. The van der Waals surface area contributed by atoms with Crippen LogP contribution in [0, 0.1) is 42.9 Å². The van der Waals surface area contributed by atoms with Crippen LogP contribution in [0.25, 0.3) is 5.00 Å². The Morgan fingerprint density at radius 3 is 2.35 bits per heavy atom. The topological polar surface area (TPSA) is 170 Å². The van der Waals surface area contributed by atoms with Gasteiger partial charge in [0.15, 0.2) is 5.82 Å². The van der Waals surface area contributed by atoms with Gasteiger partial charge in [0, 0.05) is 41.2 Å². The van der Waals surface area contributed by atoms with Gasteiger partial charge in [-0.15, -0.1) is 21.5 Å². The standard InChI is InChI=1S/C46H52ClN9O3S/c1-27-28(2)60-44-41(27)42(51-24-40-54-53-29(3)56(40)44)30-4-9-33(10-5-30)59-36-21-46(22-36)25-45(26-46)16-18-55(19-17-45)39(50)15-14-38(49)43(57)52-32-7-12-34(13-8-32)58-35-11-6-31(23-48)37(47)20-35/h4-6,9-11,14-15,20,32,34,36H,7-8,12-13,16-19,21-22,24-26,49-50H2,1-3H3,(H,52,57)/b38-14-,39-15+. The minimum absolute atomic E-state index is 0.0241. The van der Waals surface area contributed by atoms with Gasteiger partial charge in [0.05, 0.1) is 40.0 Å². The number of likely N-dealkylation sites (tertiary alicyclic amines) is 1. The smallest absolute Gasteiger partial charge is 0.267 e. The number of fused-ring (bicyclic) bond motifs is 3. The number of aromatic nitrogens is 3. The number of nitrogens with two attached hydrogens (primary N) is 2. The molecule has 312 valence electrons. The summed E-state index contributed by atoms with van der Waals surface area (Å²) < 4.78 is 14.8. The highest BCUT2D eigenvalue weighted by Gasteiger charge is 2.60. The molecule has 3 saturated carbocycles. The first-order valence-electron chi connectivity index (χ1n) is 21.1. The molecule has 2 aromatic heterocycles. The van der Waals surface area contributed by atoms with E-state index in [0.29, 0.717) is 39.5 Å². The molecular formula is C46H52ClN9O3S. The maximum absolute atomic E-state index is 12.9. The second-order valence-electron chi connectivity index (χ2n) is 17.7. The molecule has 60 heavy (non-hydrogen) atoms. The molecule has 1 saturated heterocycles. The van der Waals surface area contributed by atoms with Gasteiger partial charge in [0.1, 0.15) is 34.9 Å². The van der Waals surface area contributed by atoms with E-state index < -0.39 is 0 Å². The third-order valence-electron chi connectivity index (χ3n) is 13.6. The molecule has 1 amide bonds. The second kappa shape index (κ2) is 15.9. The molecular weight excluding hydrogens is 794 g/mol. The van der Waals surface area contributed by atoms with Gasteiger partial charge >= 0.3 is 0 Å². The fourth-order valence-electron chi connectivity index (χ4n) is 10.4. The molecule has 12 nitrogen and oxygen atoms in total. The number of hydrogen-bond donors (Lipinski definition) is 3. The first kappa shape index (κ1) is 40.1. The summed E-state index contributed by atoms with van der Waals surface area (Å²) in [6.45, 7) is 8.65. The summed E-state index contributed by atoms with van der Waals surface area (Å²) in [5.41, 5.74) is 18.6. The number of hydrogen-bond acceptors (Lipinski definition) is 11. The number of benzene rings is 2. The van der Waals surface area contributed by atoms with E-state index in [0.717, 1.165) is 98.1 Å². The number of aliphatic imine (C=N–C) groups is 1. The Labute approximate surface area is 360 Å². The maximum Gasteiger partial charge on any atom is 0.267 e. The normalized spacial score (nSPS) is 22.1. The molecule has 5 aliphatic rings. The highest BCUT2D eigenvalue weighted by atomic mass is 35.5. The van der Waals surface area contributed by atoms with Crippen molar-refractivity contribution in [2.75, 3.05) is 13.1 Å². The van der Waals surface area contributed by atoms with Gasteiger partial charge in [0.25, 0.3) is 5.91 Å². The van der Waals surface area contributed by atoms with E-state index in [1.807, 2.05) is 6.92 Å². The van der Waals surface area contributed by atoms with Crippen molar-refractivity contribution in [2.45, 2.75) is 110 Å². The van der Waals surface area contributed by atoms with Crippen LogP contribution < -0.4 is 26.3 Å². The molecule has 0 unspecified atom stereocenters. The van der Waals surface area contributed by atoms with Crippen molar-refractivity contribution in [1.29, 1.82) is 5.26 Å². The molecule has 0 bridgehead atoms. The summed E-state index contributed by atoms with van der Waals surface area (Å²) in [6.07, 6.45) is 13.8. The van der Waals surface area contributed by atoms with Gasteiger partial charge in [0.2, 0.25) is 0 Å². The second-order valence-corrected chi connectivity index (χ2v) is 19.3. The number of allylic oxidation sites excluding steroid dienone is 2. The summed E-state index contributed by atoms with van der Waals surface area (Å²) >= 11 is 7.93. The molecule has 2 spiro atoms. The first-order valence-corrected chi connectivity index (χ1v) is 22.3. The van der Waals surface area contributed by atoms with Gasteiger partial charge in [-0.05, 0) is 150 Å². The van der Waals surface area contributed by atoms with Crippen molar-refractivity contribution < 1.29 is 14.3 Å². The Balaban J connectivity index is 0.706. The molecule has 2 aromatic carbocycles. The zero-order chi connectivity index (χ0) is 41.8. The Kier molecular flexibility index (Phi) is 10.7. The molecule has 0 atom stereocenters. The average Bonchev–Trinajstić information content (AvgIpc) is 3.67. The largest absolute Gasteiger partial charge is 0.490 e. The summed E-state index contributed by atoms with van der Waals surface area (Å²) in [5, 5.41) is 22.4. The number of amides is 1. The Bertz CT molecular complexity index is 2430. The first-order chi connectivity index (χ1) is 28.9. The number of aryl methyl sites for hydroxylation is 2. The number of thiophene rings is 1. The van der Waals surface area contributed by atoms with E-state index in [2.05, 4.69) is 69.2 Å². The van der Waals surface area contributed by atoms with Gasteiger partial charge < -0.3 is 31.2 Å². The van der Waals surface area contributed by atoms with Crippen LogP contribution in [-0.4, -0.2) is 62.6 Å². The van der Waals surface area contributed by atoms with Crippen LogP contribution in [0.15, 0.2) is 71.1 Å². The predicted molar refractivity (Wildman–Crippen MR) is 233 cm³/mol. The minimum Gasteiger partial charge on any atom is -0.490 e. The molecule has 4 aromatic rings. The lowest BCUT2D eigenvalue weighted by Crippen LogP contribution is -2.59. The molecule has 9 rings (SSSR count). The van der Waals surface area contributed by atoms with Gasteiger partial charge in [-0.1, -0.05) is 11.6 Å². The number of nitriles is 1. The van der Waals surface area contributed by atoms with E-state index in [-0.39, 0.29) is 29.9 Å². The number of halogens is 1. The quantitative estimate of drug-likeness (QED) is 0.113. The van der Waals surface area contributed by atoms with Gasteiger partial charge in [-0.25, -0.2) is 0 Å². The van der Waals surface area contributed by atoms with Crippen LogP contribution >= 0.6 is 22.9 Å². The zero-order valence-electron chi connectivity index (χ0n) is 34.5. The number of rotatable bonds is 9. The molecule has 14 heteroatoms. The molecule has 4 heterocycles. The van der Waals surface area contributed by atoms with Crippen LogP contribution in [0.1, 0.15) is 103 Å². The van der Waals surface area contributed by atoms with Crippen molar-refractivity contribution in [1.82, 2.24) is 25.0 Å². The van der Waals surface area contributed by atoms with Crippen LogP contribution in [0.4, 0.5) is 0 Å². The van der Waals surface area contributed by atoms with Gasteiger partial charge in [-0.2, -0.15) is 5.26 Å². The number of ether oxygens (including phenoxy) is 2. The summed E-state index contributed by atoms with van der Waals surface area (Å²) in [6, 6.07) is 15.7. The zero-order valence-corrected chi connectivity index (χ0v) is 36.0. The number of carbonyl (C=O) groups is 1. The number of nitrogens with one attached hydrogen (secondary N) is 1. The summed E-state index contributed by atoms with van der Waals surface area (Å²) in [4.78, 5) is 21.4. The lowest BCUT2D eigenvalue weighted by atomic mass is 9.42. The highest BCUT2D eigenvalue weighted by molar-refractivity contribution is 7.15. The molecule has 2 aliphatic heterocycles. The van der Waals surface area contributed by atoms with E-state index in [4.69, 9.17) is 42.8 Å². The van der Waals surface area contributed by atoms with Crippen LogP contribution in [-0.2, 0) is 11.3 Å². The van der Waals surface area contributed by atoms with E-state index >= 15 is 0 Å². The van der Waals surface area contributed by atoms with Crippen molar-refractivity contribution >= 4 is 34.6 Å². The van der Waals surface area contributed by atoms with Crippen LogP contribution in [0.2, 0.25) is 5.02 Å². The fourth-order valence-corrected chi connectivity index (χ4v) is 11.8. The molecule has 4 fully saturated rings. The average molecular weight is 847 g/mol. The van der Waals surface area contributed by atoms with E-state index in [1.54, 1.807) is 41.7 Å². The van der Waals surface area contributed by atoms with Crippen LogP contribution in [0.3, 0.4) is 0 Å². The number of carbonyl (C=O) groups excluding carboxylic acids is 1. The fraction of sp³-hybridized carbons (Fsp3) is 0.457. The van der Waals surface area contributed by atoms with Crippen molar-refractivity contribution in [3.05, 3.63) is 110 Å². The SMILES string of the molecule is Cc1sc2c(c1C)C(c1ccc(OC3CC4(C3)CC3(CCN(/C(N)=C/C=C(\N)C(=O)NC5CCC(Oc6ccc(C#N)c(Cl)c6)CC5)CC3)C4)cc1)=NCc1nnc(C)n1-2. The Morgan fingerprint density at radius 1 is 0.950 bits per heavy atom. The van der Waals surface area contributed by atoms with E-state index in [9.17, 15) is 4.79 Å². The lowest BCUT2D eigenvalue weighted by Gasteiger charge is -2.65. The lowest BCUT2D eigenvalue weighted by molar-refractivity contribution is -0.162. The van der Waals surface area contributed by atoms with Crippen molar-refractivity contribution in [3.8, 4) is 22.6 Å². The predicted octanol–water partition coefficient (Wildman–Crippen LogP) is 7.68. The minimum atomic E-state index is -0.283. The number of nitrogens with zero attached hydrogens (tertiary/aromatic N) is 6. The molecule has 3 aliphatic carbocycles. The highest BCUT2D eigenvalue weighted by Crippen LogP contribution is 2.68. The summed E-state index contributed by atoms with van der Waals surface area (Å²) in [7, 11) is 0. The summed E-state index contributed by atoms with van der Waals surface area (Å²) in [5.74, 6) is 3.68. The van der Waals surface area contributed by atoms with Crippen LogP contribution in [0.5, 0.6) is 11.5 Å². The maximum atomic E-state index is 12.9. The molecule has 0 radical (unpaired) electrons. The third-order valence-corrected chi connectivity index (χ3v) is 15.1. The van der Waals surface area contributed by atoms with Crippen molar-refractivity contribution in [3.63, 3.8) is 0 Å². The molecule has 5 N–H and O–H groups in total. The Morgan fingerprint density at radius 2 is 1.65 bits per heavy atom. The van der Waals surface area contributed by atoms with E-state index in [1.165, 1.54) is 28.8 Å². The third kappa shape index (κ3) is 7.76. The monoisotopic (exact) mass is 845 g/mol. The van der Waals surface area contributed by atoms with Gasteiger partial charge in [-0.3, -0.25) is 14.4 Å².